The van der Waals surface area contributed by atoms with Crippen molar-refractivity contribution in [3.8, 4) is 28.7 Å². The maximum atomic E-state index is 14.8. The molecule has 2 aliphatic heterocycles. The minimum absolute atomic E-state index is 0.00281. The van der Waals surface area contributed by atoms with E-state index in [4.69, 9.17) is 50.0 Å². The van der Waals surface area contributed by atoms with Crippen molar-refractivity contribution in [2.24, 2.45) is 22.9 Å². The second-order valence-corrected chi connectivity index (χ2v) is 18.6. The summed E-state index contributed by atoms with van der Waals surface area (Å²) in [5.74, 6) is 0.392. The minimum atomic E-state index is -1.59. The number of nitro groups is 1. The molecular weight excluding hydrogens is 930 g/mol. The summed E-state index contributed by atoms with van der Waals surface area (Å²) in [4.78, 5) is 33.6. The van der Waals surface area contributed by atoms with Crippen LogP contribution in [0.3, 0.4) is 0 Å². The number of carbonyl (C=O) groups is 1. The van der Waals surface area contributed by atoms with Gasteiger partial charge in [0.1, 0.15) is 36.5 Å². The first-order valence-electron chi connectivity index (χ1n) is 24.2. The van der Waals surface area contributed by atoms with Crippen LogP contribution in [0, 0.1) is 27.9 Å². The number of halogens is 1. The number of allylic oxidation sites excluding steroid dienone is 1. The Balaban J connectivity index is 1.22. The monoisotopic (exact) mass is 987 g/mol. The number of non-ortho nitro benzene ring substituents is 1. The van der Waals surface area contributed by atoms with Crippen molar-refractivity contribution in [2.75, 3.05) is 39.1 Å². The van der Waals surface area contributed by atoms with E-state index in [9.17, 15) is 25.1 Å². The molecule has 15 nitrogen and oxygen atoms in total. The largest absolute Gasteiger partial charge is 0.459 e. The van der Waals surface area contributed by atoms with E-state index in [1.54, 1.807) is 29.2 Å². The predicted octanol–water partition coefficient (Wildman–Crippen LogP) is 11.0. The summed E-state index contributed by atoms with van der Waals surface area (Å²) in [5, 5.41) is 38.6. The van der Waals surface area contributed by atoms with Crippen molar-refractivity contribution in [3.63, 3.8) is 0 Å². The van der Waals surface area contributed by atoms with Gasteiger partial charge in [0.05, 0.1) is 29.0 Å². The highest BCUT2D eigenvalue weighted by Gasteiger charge is 2.65. The summed E-state index contributed by atoms with van der Waals surface area (Å²) in [6.45, 7) is 4.24. The lowest BCUT2D eigenvalue weighted by Crippen LogP contribution is -2.70. The Morgan fingerprint density at radius 2 is 1.62 bits per heavy atom. The molecule has 9 rings (SSSR count). The molecule has 0 radical (unpaired) electrons. The number of oxime groups is 1. The predicted molar refractivity (Wildman–Crippen MR) is 267 cm³/mol. The highest BCUT2D eigenvalue weighted by molar-refractivity contribution is 6.18. The van der Waals surface area contributed by atoms with Crippen LogP contribution in [-0.4, -0.2) is 82.8 Å². The van der Waals surface area contributed by atoms with Crippen LogP contribution >= 0.6 is 11.6 Å². The van der Waals surface area contributed by atoms with Crippen molar-refractivity contribution < 1.29 is 53.2 Å². The first-order valence-corrected chi connectivity index (χ1v) is 24.7. The number of aliphatic hydroxyl groups is 2. The van der Waals surface area contributed by atoms with Crippen LogP contribution in [0.1, 0.15) is 67.6 Å². The number of aliphatic hydroxyl groups excluding tert-OH is 2. The van der Waals surface area contributed by atoms with Crippen molar-refractivity contribution in [1.82, 2.24) is 4.90 Å². The second-order valence-electron chi connectivity index (χ2n) is 18.2. The first-order chi connectivity index (χ1) is 34.7. The number of nitro benzene ring substituents is 1. The van der Waals surface area contributed by atoms with Gasteiger partial charge in [-0.05, 0) is 120 Å². The highest BCUT2D eigenvalue weighted by Crippen LogP contribution is 2.62. The van der Waals surface area contributed by atoms with Gasteiger partial charge in [-0.25, -0.2) is 4.79 Å². The van der Waals surface area contributed by atoms with E-state index in [1.165, 1.54) is 12.1 Å². The summed E-state index contributed by atoms with van der Waals surface area (Å²) < 4.78 is 38.5. The van der Waals surface area contributed by atoms with Crippen LogP contribution in [0.4, 0.5) is 10.5 Å². The van der Waals surface area contributed by atoms with E-state index in [-0.39, 0.29) is 82.1 Å². The molecule has 5 aromatic rings. The van der Waals surface area contributed by atoms with Crippen molar-refractivity contribution in [2.45, 2.75) is 75.8 Å². The average Bonchev–Trinajstić information content (AvgIpc) is 3.86. The Labute approximate surface area is 417 Å². The topological polar surface area (TPSA) is 181 Å². The molecule has 0 bridgehead atoms. The van der Waals surface area contributed by atoms with Crippen LogP contribution in [-0.2, 0) is 27.5 Å². The third kappa shape index (κ3) is 10.7. The van der Waals surface area contributed by atoms with E-state index in [0.29, 0.717) is 52.9 Å². The summed E-state index contributed by atoms with van der Waals surface area (Å²) in [7, 11) is 0. The minimum Gasteiger partial charge on any atom is -0.459 e. The fourth-order valence-electron chi connectivity index (χ4n) is 10.7. The molecular formula is C55H58ClN3O12. The molecule has 1 saturated carbocycles. The van der Waals surface area contributed by atoms with E-state index in [0.717, 1.165) is 53.2 Å². The number of fused-ring (bicyclic) bond motifs is 4. The van der Waals surface area contributed by atoms with Gasteiger partial charge in [-0.2, -0.15) is 0 Å². The van der Waals surface area contributed by atoms with Gasteiger partial charge < -0.3 is 43.5 Å². The van der Waals surface area contributed by atoms with Crippen LogP contribution < -0.4 is 18.9 Å². The van der Waals surface area contributed by atoms with E-state index < -0.39 is 28.8 Å². The van der Waals surface area contributed by atoms with Crippen molar-refractivity contribution in [3.05, 3.63) is 154 Å². The average molecular weight is 989 g/mol. The lowest BCUT2D eigenvalue weighted by atomic mass is 9.55. The summed E-state index contributed by atoms with van der Waals surface area (Å²) in [6.07, 6.45) is 7.54. The van der Waals surface area contributed by atoms with E-state index >= 15 is 0 Å². The first kappa shape index (κ1) is 49.3. The fraction of sp³-hybridized carbons (Fsp3) is 0.382. The number of ether oxygens (including phenoxy) is 6. The third-order valence-corrected chi connectivity index (χ3v) is 14.0. The van der Waals surface area contributed by atoms with Crippen LogP contribution in [0.15, 0.2) is 133 Å². The standard InChI is InChI=1S/C55H58ClN3O12/c1-2-26-68-55-51(58(54(62)65-27-23-56)33-37-15-21-49-50(28-37)67-35-66-49)32-47(57-69-34-36-13-17-41(18-14-36)59(63)64)45-30-40(11-5-7-24-60)44(12-6-8-25-61)52(53(45)55)46-31-43(20-22-48(46)71-55)70-42-19-16-38-9-3-4-10-39(38)29-42/h2-4,9-10,13-22,28-31,40,44,51-53,60-61H,1,5-8,11-12,23-27,32-35H2/t40-,44+,51-,52+,53+,55+/m0/s1. The number of carbonyl (C=O) groups excluding carboxylic acids is 1. The van der Waals surface area contributed by atoms with Gasteiger partial charge in [0.25, 0.3) is 5.69 Å². The molecule has 0 aromatic heterocycles. The molecule has 0 unspecified atom stereocenters. The fourth-order valence-corrected chi connectivity index (χ4v) is 10.8. The Hall–Kier alpha value is -6.65. The normalized spacial score (nSPS) is 22.2. The maximum Gasteiger partial charge on any atom is 0.410 e. The van der Waals surface area contributed by atoms with Gasteiger partial charge in [0.2, 0.25) is 12.6 Å². The van der Waals surface area contributed by atoms with Crippen LogP contribution in [0.2, 0.25) is 0 Å². The molecule has 4 aliphatic rings. The van der Waals surface area contributed by atoms with Crippen molar-refractivity contribution in [1.29, 1.82) is 0 Å². The molecule has 1 fully saturated rings. The molecule has 2 heterocycles. The molecule has 5 aromatic carbocycles. The Morgan fingerprint density at radius 3 is 2.39 bits per heavy atom. The molecule has 2 N–H and O–H groups in total. The van der Waals surface area contributed by atoms with Crippen LogP contribution in [0.5, 0.6) is 28.7 Å². The number of alkyl halides is 1. The number of hydrogen-bond acceptors (Lipinski definition) is 13. The molecule has 0 saturated heterocycles. The van der Waals surface area contributed by atoms with Gasteiger partial charge in [0, 0.05) is 49.8 Å². The molecule has 372 valence electrons. The number of nitrogens with zero attached hydrogens (tertiary/aromatic N) is 3. The Morgan fingerprint density at radius 1 is 0.887 bits per heavy atom. The summed E-state index contributed by atoms with van der Waals surface area (Å²) >= 11 is 6.16. The van der Waals surface area contributed by atoms with Gasteiger partial charge in [-0.3, -0.25) is 15.0 Å². The highest BCUT2D eigenvalue weighted by atomic mass is 35.5. The van der Waals surface area contributed by atoms with Crippen molar-refractivity contribution >= 4 is 39.9 Å². The Kier molecular flexibility index (Phi) is 15.7. The zero-order valence-electron chi connectivity index (χ0n) is 39.4. The Bertz CT molecular complexity index is 2770. The molecule has 6 atom stereocenters. The smallest absolute Gasteiger partial charge is 0.410 e. The van der Waals surface area contributed by atoms with E-state index in [2.05, 4.69) is 18.7 Å². The molecule has 1 amide bonds. The van der Waals surface area contributed by atoms with Gasteiger partial charge in [0.15, 0.2) is 11.5 Å². The lowest BCUT2D eigenvalue weighted by molar-refractivity contribution is -0.384. The summed E-state index contributed by atoms with van der Waals surface area (Å²) in [5.41, 5.74) is 3.62. The zero-order valence-corrected chi connectivity index (χ0v) is 40.1. The summed E-state index contributed by atoms with van der Waals surface area (Å²) in [6, 6.07) is 30.6. The SMILES string of the molecule is C=CCO[C@@]12Oc3ccc(Oc4ccc5ccccc5c4)cc3[C@H]3[C@H](CCCCO)[C@@H](CCCCO)C=C(C(=NOCc4ccc([N+](=O)[O-])cc4)C[C@@H]1N(Cc1ccc4c(c1)OCO4)C(=O)OCCCl)[C@H]32. The maximum absolute atomic E-state index is 14.8. The van der Waals surface area contributed by atoms with Gasteiger partial charge >= 0.3 is 6.09 Å². The number of hydrogen-bond donors (Lipinski definition) is 2. The molecule has 16 heteroatoms. The molecule has 71 heavy (non-hydrogen) atoms. The lowest BCUT2D eigenvalue weighted by Gasteiger charge is -2.59. The number of unbranched alkanes of at least 4 members (excludes halogenated alkanes) is 2. The number of amides is 1. The quantitative estimate of drug-likeness (QED) is 0.0221. The molecule has 2 aliphatic carbocycles. The van der Waals surface area contributed by atoms with Gasteiger partial charge in [-0.15, -0.1) is 18.2 Å². The number of rotatable bonds is 22. The number of benzene rings is 5. The van der Waals surface area contributed by atoms with Gasteiger partial charge in [-0.1, -0.05) is 66.5 Å². The third-order valence-electron chi connectivity index (χ3n) is 13.9. The zero-order chi connectivity index (χ0) is 49.3. The second kappa shape index (κ2) is 22.6. The van der Waals surface area contributed by atoms with E-state index in [1.807, 2.05) is 66.7 Å². The van der Waals surface area contributed by atoms with Crippen LogP contribution in [0.25, 0.3) is 10.8 Å². The molecule has 0 spiro atoms.